The lowest BCUT2D eigenvalue weighted by molar-refractivity contribution is 0.492. The number of anilines is 1. The highest BCUT2D eigenvalue weighted by Crippen LogP contribution is 2.34. The highest BCUT2D eigenvalue weighted by Gasteiger charge is 2.28. The van der Waals surface area contributed by atoms with Crippen LogP contribution in [0.3, 0.4) is 0 Å². The summed E-state index contributed by atoms with van der Waals surface area (Å²) in [6.07, 6.45) is 2.56. The average molecular weight is 269 g/mol. The number of hydrogen-bond donors (Lipinski definition) is 1. The van der Waals surface area contributed by atoms with Crippen LogP contribution < -0.4 is 10.6 Å². The third-order valence-electron chi connectivity index (χ3n) is 4.33. The molecule has 2 heterocycles. The van der Waals surface area contributed by atoms with E-state index in [0.29, 0.717) is 18.5 Å². The van der Waals surface area contributed by atoms with Gasteiger partial charge in [0.05, 0.1) is 11.2 Å². The minimum absolute atomic E-state index is 0.498. The molecule has 1 aromatic heterocycles. The van der Waals surface area contributed by atoms with Gasteiger partial charge >= 0.3 is 0 Å². The van der Waals surface area contributed by atoms with Gasteiger partial charge in [-0.15, -0.1) is 0 Å². The Hall–Kier alpha value is -1.61. The summed E-state index contributed by atoms with van der Waals surface area (Å²) in [5.74, 6) is 0.672. The number of para-hydroxylation sites is 1. The molecule has 0 aliphatic carbocycles. The van der Waals surface area contributed by atoms with Crippen molar-refractivity contribution in [3.05, 3.63) is 36.0 Å². The molecule has 1 saturated heterocycles. The van der Waals surface area contributed by atoms with Crippen molar-refractivity contribution in [2.45, 2.75) is 39.3 Å². The van der Waals surface area contributed by atoms with Gasteiger partial charge in [0.2, 0.25) is 0 Å². The Morgan fingerprint density at radius 1 is 1.35 bits per heavy atom. The zero-order valence-corrected chi connectivity index (χ0v) is 12.3. The van der Waals surface area contributed by atoms with Crippen LogP contribution in [-0.2, 0) is 6.54 Å². The third-order valence-corrected chi connectivity index (χ3v) is 4.33. The summed E-state index contributed by atoms with van der Waals surface area (Å²) in [4.78, 5) is 7.21. The molecule has 0 spiro atoms. The largest absolute Gasteiger partial charge is 0.368 e. The van der Waals surface area contributed by atoms with Gasteiger partial charge in [0.15, 0.2) is 0 Å². The average Bonchev–Trinajstić information content (AvgIpc) is 2.95. The van der Waals surface area contributed by atoms with Crippen molar-refractivity contribution in [1.29, 1.82) is 0 Å². The SMILES string of the molecule is CC(C)C1CCCN1c1cc(CN)nc2ccccc12. The fourth-order valence-corrected chi connectivity index (χ4v) is 3.34. The molecule has 2 N–H and O–H groups in total. The maximum atomic E-state index is 5.82. The van der Waals surface area contributed by atoms with Crippen molar-refractivity contribution in [2.75, 3.05) is 11.4 Å². The van der Waals surface area contributed by atoms with Gasteiger partial charge in [0, 0.05) is 30.2 Å². The number of fused-ring (bicyclic) bond motifs is 1. The van der Waals surface area contributed by atoms with Crippen LogP contribution >= 0.6 is 0 Å². The van der Waals surface area contributed by atoms with E-state index >= 15 is 0 Å². The first-order chi connectivity index (χ1) is 9.70. The Morgan fingerprint density at radius 3 is 2.90 bits per heavy atom. The zero-order chi connectivity index (χ0) is 14.1. The molecular weight excluding hydrogens is 246 g/mol. The molecule has 106 valence electrons. The second kappa shape index (κ2) is 5.41. The molecule has 0 saturated carbocycles. The Morgan fingerprint density at radius 2 is 2.15 bits per heavy atom. The lowest BCUT2D eigenvalue weighted by Crippen LogP contribution is -2.33. The summed E-state index contributed by atoms with van der Waals surface area (Å²) in [6, 6.07) is 11.2. The maximum Gasteiger partial charge on any atom is 0.0726 e. The standard InChI is InChI=1S/C17H23N3/c1-12(2)16-8-5-9-20(16)17-10-13(11-18)19-15-7-4-3-6-14(15)17/h3-4,6-7,10,12,16H,5,8-9,11,18H2,1-2H3. The molecule has 0 radical (unpaired) electrons. The number of benzene rings is 1. The van der Waals surface area contributed by atoms with Crippen molar-refractivity contribution in [3.8, 4) is 0 Å². The Balaban J connectivity index is 2.14. The molecule has 1 fully saturated rings. The van der Waals surface area contributed by atoms with Crippen LogP contribution in [0.1, 0.15) is 32.4 Å². The number of nitrogens with two attached hydrogens (primary N) is 1. The van der Waals surface area contributed by atoms with E-state index in [-0.39, 0.29) is 0 Å². The van der Waals surface area contributed by atoms with Gasteiger partial charge in [0.1, 0.15) is 0 Å². The molecule has 20 heavy (non-hydrogen) atoms. The zero-order valence-electron chi connectivity index (χ0n) is 12.3. The highest BCUT2D eigenvalue weighted by molar-refractivity contribution is 5.92. The second-order valence-electron chi connectivity index (χ2n) is 6.00. The molecule has 0 amide bonds. The summed E-state index contributed by atoms with van der Waals surface area (Å²) in [5.41, 5.74) is 9.17. The molecule has 1 aromatic carbocycles. The summed E-state index contributed by atoms with van der Waals surface area (Å²) in [7, 11) is 0. The van der Waals surface area contributed by atoms with Crippen LogP contribution in [0.25, 0.3) is 10.9 Å². The summed E-state index contributed by atoms with van der Waals surface area (Å²) in [5, 5.41) is 1.25. The highest BCUT2D eigenvalue weighted by atomic mass is 15.2. The van der Waals surface area contributed by atoms with Gasteiger partial charge in [-0.1, -0.05) is 32.0 Å². The van der Waals surface area contributed by atoms with Crippen molar-refractivity contribution in [3.63, 3.8) is 0 Å². The van der Waals surface area contributed by atoms with E-state index < -0.39 is 0 Å². The predicted octanol–water partition coefficient (Wildman–Crippen LogP) is 3.32. The quantitative estimate of drug-likeness (QED) is 0.929. The smallest absolute Gasteiger partial charge is 0.0726 e. The monoisotopic (exact) mass is 269 g/mol. The normalized spacial score (nSPS) is 19.2. The van der Waals surface area contributed by atoms with Crippen molar-refractivity contribution in [2.24, 2.45) is 11.7 Å². The molecule has 3 nitrogen and oxygen atoms in total. The molecule has 0 bridgehead atoms. The minimum atomic E-state index is 0.498. The fraction of sp³-hybridized carbons (Fsp3) is 0.471. The van der Waals surface area contributed by atoms with Crippen LogP contribution in [-0.4, -0.2) is 17.6 Å². The molecule has 1 atom stereocenters. The minimum Gasteiger partial charge on any atom is -0.368 e. The van der Waals surface area contributed by atoms with Crippen LogP contribution in [0, 0.1) is 5.92 Å². The number of aromatic nitrogens is 1. The molecule has 2 aromatic rings. The molecule has 3 rings (SSSR count). The number of hydrogen-bond acceptors (Lipinski definition) is 3. The lowest BCUT2D eigenvalue weighted by atomic mass is 10.0. The summed E-state index contributed by atoms with van der Waals surface area (Å²) in [6.45, 7) is 6.27. The van der Waals surface area contributed by atoms with E-state index in [9.17, 15) is 0 Å². The van der Waals surface area contributed by atoms with Crippen LogP contribution in [0.4, 0.5) is 5.69 Å². The van der Waals surface area contributed by atoms with Gasteiger partial charge < -0.3 is 10.6 Å². The molecule has 1 aliphatic rings. The van der Waals surface area contributed by atoms with E-state index in [2.05, 4.69) is 48.0 Å². The van der Waals surface area contributed by atoms with Crippen LogP contribution in [0.15, 0.2) is 30.3 Å². The van der Waals surface area contributed by atoms with E-state index in [1.165, 1.54) is 23.9 Å². The van der Waals surface area contributed by atoms with Crippen molar-refractivity contribution < 1.29 is 0 Å². The third kappa shape index (κ3) is 2.27. The van der Waals surface area contributed by atoms with Crippen LogP contribution in [0.2, 0.25) is 0 Å². The maximum absolute atomic E-state index is 5.82. The van der Waals surface area contributed by atoms with Gasteiger partial charge in [-0.25, -0.2) is 0 Å². The molecule has 3 heteroatoms. The topological polar surface area (TPSA) is 42.1 Å². The van der Waals surface area contributed by atoms with Crippen LogP contribution in [0.5, 0.6) is 0 Å². The lowest BCUT2D eigenvalue weighted by Gasteiger charge is -2.31. The molecule has 1 aliphatic heterocycles. The fourth-order valence-electron chi connectivity index (χ4n) is 3.34. The van der Waals surface area contributed by atoms with E-state index in [1.807, 2.05) is 6.07 Å². The van der Waals surface area contributed by atoms with Crippen molar-refractivity contribution in [1.82, 2.24) is 4.98 Å². The summed E-state index contributed by atoms with van der Waals surface area (Å²) >= 11 is 0. The number of nitrogens with zero attached hydrogens (tertiary/aromatic N) is 2. The molecular formula is C17H23N3. The van der Waals surface area contributed by atoms with E-state index in [4.69, 9.17) is 5.73 Å². The first kappa shape index (κ1) is 13.4. The number of rotatable bonds is 3. The van der Waals surface area contributed by atoms with Gasteiger partial charge in [-0.2, -0.15) is 0 Å². The van der Waals surface area contributed by atoms with E-state index in [0.717, 1.165) is 17.8 Å². The van der Waals surface area contributed by atoms with E-state index in [1.54, 1.807) is 0 Å². The van der Waals surface area contributed by atoms with Crippen molar-refractivity contribution >= 4 is 16.6 Å². The predicted molar refractivity (Wildman–Crippen MR) is 84.8 cm³/mol. The molecule has 1 unspecified atom stereocenters. The first-order valence-electron chi connectivity index (χ1n) is 7.56. The second-order valence-corrected chi connectivity index (χ2v) is 6.00. The Bertz CT molecular complexity index is 606. The Kier molecular flexibility index (Phi) is 3.62. The first-order valence-corrected chi connectivity index (χ1v) is 7.56. The van der Waals surface area contributed by atoms with Gasteiger partial charge in [-0.05, 0) is 30.9 Å². The number of pyridine rings is 1. The van der Waals surface area contributed by atoms with Gasteiger partial charge in [0.25, 0.3) is 0 Å². The Labute approximate surface area is 120 Å². The summed E-state index contributed by atoms with van der Waals surface area (Å²) < 4.78 is 0. The van der Waals surface area contributed by atoms with Gasteiger partial charge in [-0.3, -0.25) is 4.98 Å².